The Hall–Kier alpha value is -1.19. The Morgan fingerprint density at radius 2 is 2.21 bits per heavy atom. The Labute approximate surface area is 84.3 Å². The van der Waals surface area contributed by atoms with E-state index in [-0.39, 0.29) is 0 Å². The van der Waals surface area contributed by atoms with Gasteiger partial charge in [-0.1, -0.05) is 26.0 Å². The van der Waals surface area contributed by atoms with Gasteiger partial charge in [-0.2, -0.15) is 0 Å². The van der Waals surface area contributed by atoms with Gasteiger partial charge in [0.15, 0.2) is 6.29 Å². The van der Waals surface area contributed by atoms with Crippen LogP contribution in [-0.4, -0.2) is 21.3 Å². The van der Waals surface area contributed by atoms with Crippen LogP contribution in [0.15, 0.2) is 0 Å². The van der Waals surface area contributed by atoms with Crippen LogP contribution < -0.4 is 0 Å². The van der Waals surface area contributed by atoms with Crippen molar-refractivity contribution in [3.8, 4) is 0 Å². The standard InChI is InChI=1S/C10H17N3O/c1-4-10-9(7-14)11-12-13(10)6-5-8(2)3/h7-8H,4-6H2,1-3H3. The van der Waals surface area contributed by atoms with Gasteiger partial charge in [0, 0.05) is 6.54 Å². The van der Waals surface area contributed by atoms with Crippen molar-refractivity contribution in [3.63, 3.8) is 0 Å². The second kappa shape index (κ2) is 4.88. The fourth-order valence-corrected chi connectivity index (χ4v) is 1.36. The number of carbonyl (C=O) groups excluding carboxylic acids is 1. The Bertz CT molecular complexity index is 304. The molecule has 0 saturated carbocycles. The van der Waals surface area contributed by atoms with Crippen molar-refractivity contribution in [1.82, 2.24) is 15.0 Å². The molecule has 1 rings (SSSR count). The molecule has 0 aliphatic carbocycles. The molecule has 0 N–H and O–H groups in total. The molecule has 4 nitrogen and oxygen atoms in total. The Morgan fingerprint density at radius 1 is 1.50 bits per heavy atom. The first kappa shape index (κ1) is 10.9. The van der Waals surface area contributed by atoms with E-state index < -0.39 is 0 Å². The van der Waals surface area contributed by atoms with Crippen molar-refractivity contribution >= 4 is 6.29 Å². The molecule has 4 heteroatoms. The molecule has 1 heterocycles. The predicted molar refractivity (Wildman–Crippen MR) is 54.2 cm³/mol. The number of hydrogen-bond acceptors (Lipinski definition) is 3. The molecule has 0 atom stereocenters. The highest BCUT2D eigenvalue weighted by molar-refractivity contribution is 5.73. The van der Waals surface area contributed by atoms with Crippen molar-refractivity contribution in [3.05, 3.63) is 11.4 Å². The summed E-state index contributed by atoms with van der Waals surface area (Å²) in [5, 5.41) is 7.79. The number of aryl methyl sites for hydroxylation is 1. The molecular weight excluding hydrogens is 178 g/mol. The van der Waals surface area contributed by atoms with Crippen LogP contribution in [0.4, 0.5) is 0 Å². The van der Waals surface area contributed by atoms with Crippen molar-refractivity contribution in [2.45, 2.75) is 40.2 Å². The summed E-state index contributed by atoms with van der Waals surface area (Å²) < 4.78 is 1.84. The first-order valence-corrected chi connectivity index (χ1v) is 5.06. The van der Waals surface area contributed by atoms with Crippen molar-refractivity contribution in [2.24, 2.45) is 5.92 Å². The van der Waals surface area contributed by atoms with E-state index >= 15 is 0 Å². The highest BCUT2D eigenvalue weighted by atomic mass is 16.1. The quantitative estimate of drug-likeness (QED) is 0.672. The average molecular weight is 195 g/mol. The van der Waals surface area contributed by atoms with Crippen LogP contribution in [0.5, 0.6) is 0 Å². The topological polar surface area (TPSA) is 47.8 Å². The van der Waals surface area contributed by atoms with Gasteiger partial charge in [0.2, 0.25) is 0 Å². The molecule has 1 aromatic heterocycles. The number of aromatic nitrogens is 3. The van der Waals surface area contributed by atoms with E-state index in [1.807, 2.05) is 11.6 Å². The maximum atomic E-state index is 10.6. The van der Waals surface area contributed by atoms with Crippen molar-refractivity contribution in [1.29, 1.82) is 0 Å². The summed E-state index contributed by atoms with van der Waals surface area (Å²) in [5.41, 5.74) is 1.43. The molecule has 0 fully saturated rings. The van der Waals surface area contributed by atoms with Crippen LogP contribution in [0.1, 0.15) is 43.4 Å². The Kier molecular flexibility index (Phi) is 3.80. The molecule has 0 radical (unpaired) electrons. The lowest BCUT2D eigenvalue weighted by atomic mass is 10.1. The average Bonchev–Trinajstić information content (AvgIpc) is 2.56. The molecule has 14 heavy (non-hydrogen) atoms. The number of hydrogen-bond donors (Lipinski definition) is 0. The fraction of sp³-hybridized carbons (Fsp3) is 0.700. The molecule has 0 unspecified atom stereocenters. The third-order valence-corrected chi connectivity index (χ3v) is 2.23. The van der Waals surface area contributed by atoms with Crippen LogP contribution in [0, 0.1) is 5.92 Å². The summed E-state index contributed by atoms with van der Waals surface area (Å²) in [4.78, 5) is 10.6. The van der Waals surface area contributed by atoms with Gasteiger partial charge in [0.1, 0.15) is 5.69 Å². The van der Waals surface area contributed by atoms with Gasteiger partial charge in [-0.3, -0.25) is 4.79 Å². The first-order valence-electron chi connectivity index (χ1n) is 5.06. The van der Waals surface area contributed by atoms with Gasteiger partial charge >= 0.3 is 0 Å². The van der Waals surface area contributed by atoms with E-state index in [4.69, 9.17) is 0 Å². The number of carbonyl (C=O) groups is 1. The molecule has 0 saturated heterocycles. The third kappa shape index (κ3) is 2.40. The second-order valence-electron chi connectivity index (χ2n) is 3.80. The molecule has 0 amide bonds. The SMILES string of the molecule is CCc1c(C=O)nnn1CCC(C)C. The molecule has 0 aliphatic rings. The van der Waals surface area contributed by atoms with E-state index in [0.29, 0.717) is 11.6 Å². The van der Waals surface area contributed by atoms with Crippen LogP contribution in [0.2, 0.25) is 0 Å². The van der Waals surface area contributed by atoms with Gasteiger partial charge in [-0.05, 0) is 18.8 Å². The summed E-state index contributed by atoms with van der Waals surface area (Å²) in [5.74, 6) is 0.642. The van der Waals surface area contributed by atoms with E-state index in [0.717, 1.165) is 31.4 Å². The lowest BCUT2D eigenvalue weighted by Crippen LogP contribution is -2.07. The van der Waals surface area contributed by atoms with E-state index in [2.05, 4.69) is 24.2 Å². The van der Waals surface area contributed by atoms with Crippen LogP contribution in [0.3, 0.4) is 0 Å². The summed E-state index contributed by atoms with van der Waals surface area (Å²) >= 11 is 0. The van der Waals surface area contributed by atoms with E-state index in [1.54, 1.807) is 0 Å². The monoisotopic (exact) mass is 195 g/mol. The minimum atomic E-state index is 0.483. The smallest absolute Gasteiger partial charge is 0.172 e. The molecule has 0 spiro atoms. The number of nitrogens with zero attached hydrogens (tertiary/aromatic N) is 3. The largest absolute Gasteiger partial charge is 0.296 e. The maximum Gasteiger partial charge on any atom is 0.172 e. The van der Waals surface area contributed by atoms with E-state index in [9.17, 15) is 4.79 Å². The van der Waals surface area contributed by atoms with Gasteiger partial charge < -0.3 is 0 Å². The Morgan fingerprint density at radius 3 is 2.71 bits per heavy atom. The van der Waals surface area contributed by atoms with Gasteiger partial charge in [0.25, 0.3) is 0 Å². The zero-order chi connectivity index (χ0) is 10.6. The van der Waals surface area contributed by atoms with Crippen LogP contribution >= 0.6 is 0 Å². The Balaban J connectivity index is 2.76. The first-order chi connectivity index (χ1) is 6.69. The summed E-state index contributed by atoms with van der Waals surface area (Å²) in [6.07, 6.45) is 2.64. The maximum absolute atomic E-state index is 10.6. The zero-order valence-corrected chi connectivity index (χ0v) is 9.03. The van der Waals surface area contributed by atoms with Crippen LogP contribution in [0.25, 0.3) is 0 Å². The highest BCUT2D eigenvalue weighted by Crippen LogP contribution is 2.07. The normalized spacial score (nSPS) is 10.9. The molecule has 0 aromatic carbocycles. The number of aldehydes is 1. The minimum Gasteiger partial charge on any atom is -0.296 e. The summed E-state index contributed by atoms with van der Waals surface area (Å²) in [7, 11) is 0. The lowest BCUT2D eigenvalue weighted by Gasteiger charge is -2.06. The second-order valence-corrected chi connectivity index (χ2v) is 3.80. The van der Waals surface area contributed by atoms with Crippen molar-refractivity contribution < 1.29 is 4.79 Å². The van der Waals surface area contributed by atoms with Crippen molar-refractivity contribution in [2.75, 3.05) is 0 Å². The van der Waals surface area contributed by atoms with E-state index in [1.165, 1.54) is 0 Å². The fourth-order valence-electron chi connectivity index (χ4n) is 1.36. The predicted octanol–water partition coefficient (Wildman–Crippen LogP) is 1.70. The van der Waals surface area contributed by atoms with Gasteiger partial charge in [0.05, 0.1) is 5.69 Å². The summed E-state index contributed by atoms with van der Waals surface area (Å²) in [6.45, 7) is 7.20. The molecule has 1 aromatic rings. The lowest BCUT2D eigenvalue weighted by molar-refractivity contribution is 0.111. The van der Waals surface area contributed by atoms with Gasteiger partial charge in [-0.25, -0.2) is 4.68 Å². The molecule has 0 aliphatic heterocycles. The van der Waals surface area contributed by atoms with Gasteiger partial charge in [-0.15, -0.1) is 5.10 Å². The van der Waals surface area contributed by atoms with Crippen LogP contribution in [-0.2, 0) is 13.0 Å². The highest BCUT2D eigenvalue weighted by Gasteiger charge is 2.09. The zero-order valence-electron chi connectivity index (χ0n) is 9.03. The third-order valence-electron chi connectivity index (χ3n) is 2.23. The molecular formula is C10H17N3O. The number of rotatable bonds is 5. The molecule has 78 valence electrons. The summed E-state index contributed by atoms with van der Waals surface area (Å²) in [6, 6.07) is 0. The molecule has 0 bridgehead atoms. The minimum absolute atomic E-state index is 0.483.